The molecule has 0 aromatic heterocycles. The molecule has 1 unspecified atom stereocenters. The number of anilines is 1. The number of carbonyl (C=O) groups excluding carboxylic acids is 3. The van der Waals surface area contributed by atoms with Crippen LogP contribution in [-0.4, -0.2) is 86.4 Å². The zero-order valence-corrected chi connectivity index (χ0v) is 24.5. The predicted octanol–water partition coefficient (Wildman–Crippen LogP) is 4.64. The highest BCUT2D eigenvalue weighted by Gasteiger charge is 2.33. The number of carbonyl (C=O) groups is 3. The Morgan fingerprint density at radius 3 is 2.32 bits per heavy atom. The van der Waals surface area contributed by atoms with Crippen LogP contribution in [0.3, 0.4) is 0 Å². The van der Waals surface area contributed by atoms with Crippen molar-refractivity contribution in [1.82, 2.24) is 15.1 Å². The van der Waals surface area contributed by atoms with Gasteiger partial charge in [0.15, 0.2) is 11.6 Å². The van der Waals surface area contributed by atoms with Crippen molar-refractivity contribution in [2.75, 3.05) is 58.3 Å². The third kappa shape index (κ3) is 9.18. The van der Waals surface area contributed by atoms with Crippen LogP contribution >= 0.6 is 0 Å². The van der Waals surface area contributed by atoms with Crippen molar-refractivity contribution in [3.05, 3.63) is 65.0 Å². The number of urea groups is 1. The van der Waals surface area contributed by atoms with Crippen LogP contribution in [0, 0.1) is 17.7 Å². The van der Waals surface area contributed by atoms with Crippen LogP contribution in [0.2, 0.25) is 0 Å². The second-order valence-electron chi connectivity index (χ2n) is 11.6. The Labute approximate surface area is 242 Å². The molecule has 8 nitrogen and oxygen atoms in total. The van der Waals surface area contributed by atoms with Gasteiger partial charge in [-0.1, -0.05) is 12.1 Å². The Morgan fingerprint density at radius 2 is 1.66 bits per heavy atom. The topological polar surface area (TPSA) is 91.0 Å². The lowest BCUT2D eigenvalue weighted by Gasteiger charge is -2.42. The number of hydrogen-bond donors (Lipinski definition) is 2. The van der Waals surface area contributed by atoms with Crippen molar-refractivity contribution in [3.63, 3.8) is 0 Å². The number of benzene rings is 2. The van der Waals surface area contributed by atoms with Crippen molar-refractivity contribution in [1.29, 1.82) is 0 Å². The van der Waals surface area contributed by atoms with Gasteiger partial charge in [0.1, 0.15) is 5.82 Å². The Bertz CT molecular complexity index is 1170. The number of piperidine rings is 2. The molecule has 2 aromatic rings. The summed E-state index contributed by atoms with van der Waals surface area (Å²) >= 11 is 0. The fourth-order valence-corrected chi connectivity index (χ4v) is 6.12. The van der Waals surface area contributed by atoms with Crippen LogP contribution in [0.15, 0.2) is 42.5 Å². The number of rotatable bonds is 11. The number of nitrogens with one attached hydrogen (secondary N) is 2. The lowest BCUT2D eigenvalue weighted by atomic mass is 9.88. The lowest BCUT2D eigenvalue weighted by molar-refractivity contribution is 0.0689. The largest absolute Gasteiger partial charge is 0.383 e. The molecule has 2 aliphatic rings. The molecule has 0 spiro atoms. The van der Waals surface area contributed by atoms with Gasteiger partial charge < -0.3 is 25.2 Å². The minimum atomic E-state index is -0.339. The zero-order valence-electron chi connectivity index (χ0n) is 24.5. The molecular formula is C32H43FN4O4. The molecule has 3 atom stereocenters. The fraction of sp³-hybridized carbons (Fsp3) is 0.531. The van der Waals surface area contributed by atoms with Gasteiger partial charge >= 0.3 is 6.03 Å². The van der Waals surface area contributed by atoms with Crippen molar-refractivity contribution >= 4 is 23.3 Å². The molecule has 222 valence electrons. The second-order valence-corrected chi connectivity index (χ2v) is 11.6. The van der Waals surface area contributed by atoms with E-state index in [0.717, 1.165) is 65.0 Å². The SMILES string of the molecule is COCCN1CC[C@@H](NC(=O)Nc2cc(C(C)=O)cc(C(C)=O)c2)[C@H](CN2CCCC(Cc3ccc(F)cc3)C2)C1. The molecule has 2 aromatic carbocycles. The highest BCUT2D eigenvalue weighted by atomic mass is 19.1. The van der Waals surface area contributed by atoms with E-state index in [9.17, 15) is 18.8 Å². The van der Waals surface area contributed by atoms with E-state index in [-0.39, 0.29) is 35.4 Å². The number of hydrogen-bond acceptors (Lipinski definition) is 6. The second kappa shape index (κ2) is 14.7. The molecule has 41 heavy (non-hydrogen) atoms. The third-order valence-electron chi connectivity index (χ3n) is 8.28. The van der Waals surface area contributed by atoms with Crippen LogP contribution in [0.25, 0.3) is 0 Å². The summed E-state index contributed by atoms with van der Waals surface area (Å²) in [6.45, 7) is 9.02. The molecule has 2 N–H and O–H groups in total. The predicted molar refractivity (Wildman–Crippen MR) is 158 cm³/mol. The zero-order chi connectivity index (χ0) is 29.4. The van der Waals surface area contributed by atoms with Gasteiger partial charge in [-0.3, -0.25) is 9.59 Å². The van der Waals surface area contributed by atoms with Gasteiger partial charge in [-0.15, -0.1) is 0 Å². The number of likely N-dealkylation sites (tertiary alicyclic amines) is 2. The van der Waals surface area contributed by atoms with Crippen LogP contribution < -0.4 is 10.6 Å². The highest BCUT2D eigenvalue weighted by Crippen LogP contribution is 2.25. The van der Waals surface area contributed by atoms with Gasteiger partial charge in [0.2, 0.25) is 0 Å². The Balaban J connectivity index is 1.41. The van der Waals surface area contributed by atoms with Crippen molar-refractivity contribution in [2.45, 2.75) is 45.6 Å². The number of ether oxygens (including phenoxy) is 1. The first kappa shape index (κ1) is 30.8. The molecule has 0 aliphatic carbocycles. The van der Waals surface area contributed by atoms with E-state index < -0.39 is 0 Å². The summed E-state index contributed by atoms with van der Waals surface area (Å²) in [6.07, 6.45) is 4.04. The number of methoxy groups -OCH3 is 1. The standard InChI is InChI=1S/C32H43FN4O4/c1-22(38)26-16-27(23(2)39)18-30(17-26)34-32(40)35-31-10-12-36(13-14-41-3)20-28(31)21-37-11-4-5-25(19-37)15-24-6-8-29(33)9-7-24/h6-9,16-18,25,28,31H,4-5,10-15,19-21H2,1-3H3,(H2,34,35,40)/t25?,28-,31+/m0/s1. The maximum atomic E-state index is 13.4. The molecule has 0 radical (unpaired) electrons. The molecular weight excluding hydrogens is 523 g/mol. The maximum Gasteiger partial charge on any atom is 0.319 e. The van der Waals surface area contributed by atoms with E-state index in [1.54, 1.807) is 25.3 Å². The quantitative estimate of drug-likeness (QED) is 0.385. The molecule has 2 fully saturated rings. The van der Waals surface area contributed by atoms with Gasteiger partial charge in [-0.05, 0) is 87.9 Å². The molecule has 4 rings (SSSR count). The fourth-order valence-electron chi connectivity index (χ4n) is 6.12. The molecule has 2 saturated heterocycles. The van der Waals surface area contributed by atoms with Gasteiger partial charge in [0.05, 0.1) is 6.61 Å². The number of nitrogens with zero attached hydrogens (tertiary/aromatic N) is 2. The molecule has 2 heterocycles. The van der Waals surface area contributed by atoms with Crippen LogP contribution in [-0.2, 0) is 11.2 Å². The number of Topliss-reactive ketones (excluding diaryl/α,β-unsaturated/α-hetero) is 2. The first-order valence-corrected chi connectivity index (χ1v) is 14.6. The minimum absolute atomic E-state index is 0.0189. The smallest absolute Gasteiger partial charge is 0.319 e. The average molecular weight is 567 g/mol. The highest BCUT2D eigenvalue weighted by molar-refractivity contribution is 6.02. The van der Waals surface area contributed by atoms with E-state index in [4.69, 9.17) is 4.74 Å². The summed E-state index contributed by atoms with van der Waals surface area (Å²) in [5.41, 5.74) is 2.36. The number of amides is 2. The molecule has 0 saturated carbocycles. The third-order valence-corrected chi connectivity index (χ3v) is 8.28. The van der Waals surface area contributed by atoms with Crippen molar-refractivity contribution in [2.24, 2.45) is 11.8 Å². The van der Waals surface area contributed by atoms with E-state index >= 15 is 0 Å². The minimum Gasteiger partial charge on any atom is -0.383 e. The van der Waals surface area contributed by atoms with Crippen molar-refractivity contribution in [3.8, 4) is 0 Å². The Morgan fingerprint density at radius 1 is 0.951 bits per heavy atom. The lowest BCUT2D eigenvalue weighted by Crippen LogP contribution is -2.56. The van der Waals surface area contributed by atoms with E-state index in [1.807, 2.05) is 12.1 Å². The summed E-state index contributed by atoms with van der Waals surface area (Å²) in [5, 5.41) is 6.06. The average Bonchev–Trinajstić information content (AvgIpc) is 2.94. The Hall–Kier alpha value is -3.14. The summed E-state index contributed by atoms with van der Waals surface area (Å²) in [5.74, 6) is 0.204. The van der Waals surface area contributed by atoms with Gasteiger partial charge in [0, 0.05) is 68.6 Å². The van der Waals surface area contributed by atoms with Crippen LogP contribution in [0.5, 0.6) is 0 Å². The monoisotopic (exact) mass is 566 g/mol. The van der Waals surface area contributed by atoms with Crippen LogP contribution in [0.1, 0.15) is 59.4 Å². The van der Waals surface area contributed by atoms with E-state index in [1.165, 1.54) is 31.5 Å². The summed E-state index contributed by atoms with van der Waals surface area (Å²) in [4.78, 5) is 42.0. The molecule has 0 bridgehead atoms. The van der Waals surface area contributed by atoms with Gasteiger partial charge in [0.25, 0.3) is 0 Å². The summed E-state index contributed by atoms with van der Waals surface area (Å²) in [6, 6.07) is 11.2. The van der Waals surface area contributed by atoms with E-state index in [2.05, 4.69) is 20.4 Å². The molecule has 2 amide bonds. The molecule has 9 heteroatoms. The maximum absolute atomic E-state index is 13.4. The number of ketones is 2. The summed E-state index contributed by atoms with van der Waals surface area (Å²) in [7, 11) is 1.71. The first-order valence-electron chi connectivity index (χ1n) is 14.6. The number of halogens is 1. The van der Waals surface area contributed by atoms with Crippen LogP contribution in [0.4, 0.5) is 14.9 Å². The van der Waals surface area contributed by atoms with Crippen molar-refractivity contribution < 1.29 is 23.5 Å². The molecule has 2 aliphatic heterocycles. The normalized spacial score (nSPS) is 21.8. The van der Waals surface area contributed by atoms with Gasteiger partial charge in [-0.25, -0.2) is 9.18 Å². The Kier molecular flexibility index (Phi) is 11.0. The first-order chi connectivity index (χ1) is 19.7. The van der Waals surface area contributed by atoms with Gasteiger partial charge in [-0.2, -0.15) is 0 Å². The summed E-state index contributed by atoms with van der Waals surface area (Å²) < 4.78 is 18.7. The van der Waals surface area contributed by atoms with E-state index in [0.29, 0.717) is 29.3 Å².